The molecular formula is C15H17NO3. The summed E-state index contributed by atoms with van der Waals surface area (Å²) < 4.78 is 11.3. The summed E-state index contributed by atoms with van der Waals surface area (Å²) >= 11 is 0. The van der Waals surface area contributed by atoms with Crippen molar-refractivity contribution < 1.29 is 13.9 Å². The van der Waals surface area contributed by atoms with Crippen molar-refractivity contribution in [3.05, 3.63) is 36.1 Å². The molecule has 1 fully saturated rings. The van der Waals surface area contributed by atoms with Crippen LogP contribution in [0.15, 0.2) is 34.7 Å². The van der Waals surface area contributed by atoms with Crippen molar-refractivity contribution in [2.45, 2.75) is 26.1 Å². The molecule has 0 N–H and O–H groups in total. The minimum atomic E-state index is -0.0572. The van der Waals surface area contributed by atoms with Crippen molar-refractivity contribution in [1.29, 1.82) is 0 Å². The van der Waals surface area contributed by atoms with Crippen molar-refractivity contribution in [2.24, 2.45) is 0 Å². The molecule has 2 atom stereocenters. The van der Waals surface area contributed by atoms with Gasteiger partial charge in [0, 0.05) is 18.5 Å². The maximum atomic E-state index is 12.4. The normalized spacial score (nSPS) is 23.8. The van der Waals surface area contributed by atoms with Crippen LogP contribution in [-0.2, 0) is 4.74 Å². The first kappa shape index (κ1) is 12.2. The summed E-state index contributed by atoms with van der Waals surface area (Å²) in [5.41, 5.74) is 0.750. The number of hydrogen-bond acceptors (Lipinski definition) is 3. The van der Waals surface area contributed by atoms with Crippen LogP contribution in [0.3, 0.4) is 0 Å². The number of para-hydroxylation sites is 1. The van der Waals surface area contributed by atoms with E-state index in [9.17, 15) is 4.79 Å². The van der Waals surface area contributed by atoms with Crippen LogP contribution >= 0.6 is 0 Å². The van der Waals surface area contributed by atoms with E-state index in [0.29, 0.717) is 18.8 Å². The standard InChI is InChI=1S/C15H17NO3/c1-10-8-16(9-11(2)18-10)15(17)14-7-12-5-3-4-6-13(12)19-14/h3-7,10-11H,8-9H2,1-2H3. The van der Waals surface area contributed by atoms with E-state index in [1.54, 1.807) is 4.90 Å². The molecule has 2 heterocycles. The zero-order chi connectivity index (χ0) is 13.4. The number of hydrogen-bond donors (Lipinski definition) is 0. The lowest BCUT2D eigenvalue weighted by Gasteiger charge is -2.34. The first-order valence-corrected chi connectivity index (χ1v) is 6.57. The summed E-state index contributed by atoms with van der Waals surface area (Å²) in [5.74, 6) is 0.348. The van der Waals surface area contributed by atoms with Gasteiger partial charge in [-0.05, 0) is 26.0 Å². The fraction of sp³-hybridized carbons (Fsp3) is 0.400. The van der Waals surface area contributed by atoms with Gasteiger partial charge in [-0.25, -0.2) is 0 Å². The highest BCUT2D eigenvalue weighted by Gasteiger charge is 2.28. The van der Waals surface area contributed by atoms with Crippen molar-refractivity contribution >= 4 is 16.9 Å². The van der Waals surface area contributed by atoms with Crippen molar-refractivity contribution in [3.8, 4) is 0 Å². The zero-order valence-electron chi connectivity index (χ0n) is 11.1. The van der Waals surface area contributed by atoms with E-state index in [0.717, 1.165) is 11.0 Å². The van der Waals surface area contributed by atoms with Gasteiger partial charge >= 0.3 is 0 Å². The van der Waals surface area contributed by atoms with Gasteiger partial charge in [0.05, 0.1) is 12.2 Å². The van der Waals surface area contributed by atoms with Gasteiger partial charge < -0.3 is 14.1 Å². The average molecular weight is 259 g/mol. The molecule has 1 amide bonds. The van der Waals surface area contributed by atoms with Gasteiger partial charge in [-0.1, -0.05) is 18.2 Å². The van der Waals surface area contributed by atoms with Crippen LogP contribution in [0.4, 0.5) is 0 Å². The zero-order valence-corrected chi connectivity index (χ0v) is 11.1. The molecule has 1 saturated heterocycles. The van der Waals surface area contributed by atoms with E-state index < -0.39 is 0 Å². The Hall–Kier alpha value is -1.81. The molecule has 1 aliphatic rings. The van der Waals surface area contributed by atoms with Crippen molar-refractivity contribution in [3.63, 3.8) is 0 Å². The lowest BCUT2D eigenvalue weighted by atomic mass is 10.2. The number of rotatable bonds is 1. The van der Waals surface area contributed by atoms with E-state index in [-0.39, 0.29) is 18.1 Å². The van der Waals surface area contributed by atoms with Crippen LogP contribution in [0.25, 0.3) is 11.0 Å². The molecule has 3 rings (SSSR count). The Morgan fingerprint density at radius 3 is 2.58 bits per heavy atom. The Morgan fingerprint density at radius 2 is 1.89 bits per heavy atom. The van der Waals surface area contributed by atoms with Gasteiger partial charge in [0.1, 0.15) is 5.58 Å². The molecule has 1 aliphatic heterocycles. The van der Waals surface area contributed by atoms with Gasteiger partial charge in [0.25, 0.3) is 5.91 Å². The Morgan fingerprint density at radius 1 is 1.21 bits per heavy atom. The minimum absolute atomic E-state index is 0.0572. The number of benzene rings is 1. The fourth-order valence-corrected chi connectivity index (χ4v) is 2.59. The lowest BCUT2D eigenvalue weighted by molar-refractivity contribution is -0.0591. The molecule has 1 aromatic carbocycles. The molecule has 0 bridgehead atoms. The Labute approximate surface area is 111 Å². The van der Waals surface area contributed by atoms with Crippen LogP contribution < -0.4 is 0 Å². The van der Waals surface area contributed by atoms with Gasteiger partial charge in [-0.2, -0.15) is 0 Å². The largest absolute Gasteiger partial charge is 0.451 e. The number of nitrogens with zero attached hydrogens (tertiary/aromatic N) is 1. The Bertz CT molecular complexity index is 561. The second-order valence-electron chi connectivity index (χ2n) is 5.12. The summed E-state index contributed by atoms with van der Waals surface area (Å²) in [6.45, 7) is 5.18. The average Bonchev–Trinajstić information content (AvgIpc) is 2.80. The lowest BCUT2D eigenvalue weighted by Crippen LogP contribution is -2.48. The first-order chi connectivity index (χ1) is 9.13. The molecule has 0 saturated carbocycles. The third kappa shape index (κ3) is 2.36. The minimum Gasteiger partial charge on any atom is -0.451 e. The molecule has 1 aromatic heterocycles. The molecule has 0 aliphatic carbocycles. The molecule has 4 nitrogen and oxygen atoms in total. The highest BCUT2D eigenvalue weighted by atomic mass is 16.5. The van der Waals surface area contributed by atoms with E-state index in [2.05, 4.69) is 0 Å². The van der Waals surface area contributed by atoms with Crippen LogP contribution in [0.5, 0.6) is 0 Å². The van der Waals surface area contributed by atoms with Gasteiger partial charge in [-0.3, -0.25) is 4.79 Å². The summed E-state index contributed by atoms with van der Waals surface area (Å²) in [7, 11) is 0. The third-order valence-electron chi connectivity index (χ3n) is 3.34. The van der Waals surface area contributed by atoms with E-state index in [1.165, 1.54) is 0 Å². The van der Waals surface area contributed by atoms with Crippen LogP contribution in [0.1, 0.15) is 24.4 Å². The SMILES string of the molecule is CC1CN(C(=O)c2cc3ccccc3o2)CC(C)O1. The Balaban J connectivity index is 1.86. The van der Waals surface area contributed by atoms with Crippen molar-refractivity contribution in [1.82, 2.24) is 4.90 Å². The molecule has 100 valence electrons. The molecular weight excluding hydrogens is 242 g/mol. The number of morpholine rings is 1. The monoisotopic (exact) mass is 259 g/mol. The third-order valence-corrected chi connectivity index (χ3v) is 3.34. The number of ether oxygens (including phenoxy) is 1. The first-order valence-electron chi connectivity index (χ1n) is 6.57. The van der Waals surface area contributed by atoms with Crippen LogP contribution in [0.2, 0.25) is 0 Å². The smallest absolute Gasteiger partial charge is 0.289 e. The number of carbonyl (C=O) groups is 1. The molecule has 2 aromatic rings. The predicted octanol–water partition coefficient (Wildman–Crippen LogP) is 2.68. The fourth-order valence-electron chi connectivity index (χ4n) is 2.59. The second-order valence-corrected chi connectivity index (χ2v) is 5.12. The predicted molar refractivity (Wildman–Crippen MR) is 72.1 cm³/mol. The number of fused-ring (bicyclic) bond motifs is 1. The number of amides is 1. The van der Waals surface area contributed by atoms with E-state index in [1.807, 2.05) is 44.2 Å². The summed E-state index contributed by atoms with van der Waals surface area (Å²) in [6, 6.07) is 9.46. The highest BCUT2D eigenvalue weighted by molar-refractivity contribution is 5.96. The molecule has 2 unspecified atom stereocenters. The number of carbonyl (C=O) groups excluding carboxylic acids is 1. The number of furan rings is 1. The van der Waals surface area contributed by atoms with Crippen molar-refractivity contribution in [2.75, 3.05) is 13.1 Å². The van der Waals surface area contributed by atoms with E-state index in [4.69, 9.17) is 9.15 Å². The molecule has 4 heteroatoms. The molecule has 0 spiro atoms. The van der Waals surface area contributed by atoms with E-state index >= 15 is 0 Å². The summed E-state index contributed by atoms with van der Waals surface area (Å²) in [5, 5.41) is 0.959. The Kier molecular flexibility index (Phi) is 3.03. The van der Waals surface area contributed by atoms with Crippen LogP contribution in [0, 0.1) is 0 Å². The van der Waals surface area contributed by atoms with Crippen LogP contribution in [-0.4, -0.2) is 36.1 Å². The summed E-state index contributed by atoms with van der Waals surface area (Å²) in [6.07, 6.45) is 0.133. The quantitative estimate of drug-likeness (QED) is 0.790. The molecule has 19 heavy (non-hydrogen) atoms. The maximum Gasteiger partial charge on any atom is 0.289 e. The van der Waals surface area contributed by atoms with Gasteiger partial charge in [0.15, 0.2) is 5.76 Å². The second kappa shape index (κ2) is 4.70. The van der Waals surface area contributed by atoms with Gasteiger partial charge in [-0.15, -0.1) is 0 Å². The maximum absolute atomic E-state index is 12.4. The highest BCUT2D eigenvalue weighted by Crippen LogP contribution is 2.21. The molecule has 0 radical (unpaired) electrons. The topological polar surface area (TPSA) is 42.7 Å². The summed E-state index contributed by atoms with van der Waals surface area (Å²) in [4.78, 5) is 14.2. The van der Waals surface area contributed by atoms with Gasteiger partial charge in [0.2, 0.25) is 0 Å².